The van der Waals surface area contributed by atoms with Gasteiger partial charge in [0.25, 0.3) is 0 Å². The summed E-state index contributed by atoms with van der Waals surface area (Å²) in [6, 6.07) is 5.46. The fourth-order valence-corrected chi connectivity index (χ4v) is 4.45. The number of nitrogens with one attached hydrogen (secondary N) is 1. The fourth-order valence-electron chi connectivity index (χ4n) is 4.45. The maximum Gasteiger partial charge on any atom is 0.231 e. The number of unbranched alkanes of at least 4 members (excludes halogenated alkanes) is 1. The van der Waals surface area contributed by atoms with Crippen LogP contribution in [0.25, 0.3) is 16.8 Å². The van der Waals surface area contributed by atoms with Crippen molar-refractivity contribution in [2.45, 2.75) is 52.9 Å². The topological polar surface area (TPSA) is 97.5 Å². The van der Waals surface area contributed by atoms with Crippen LogP contribution in [-0.2, 0) is 11.2 Å². The molecule has 0 saturated carbocycles. The molecule has 0 aliphatic rings. The lowest BCUT2D eigenvalue weighted by Crippen LogP contribution is -2.38. The number of rotatable bonds is 11. The Kier molecular flexibility index (Phi) is 8.50. The van der Waals surface area contributed by atoms with Crippen LogP contribution in [0.15, 0.2) is 43.0 Å². The van der Waals surface area contributed by atoms with Gasteiger partial charge in [0.05, 0.1) is 32.1 Å². The number of anilines is 1. The Labute approximate surface area is 222 Å². The van der Waals surface area contributed by atoms with E-state index in [9.17, 15) is 9.18 Å². The summed E-state index contributed by atoms with van der Waals surface area (Å²) >= 11 is 0. The first-order valence-electron chi connectivity index (χ1n) is 12.9. The molecule has 4 aromatic heterocycles. The van der Waals surface area contributed by atoms with E-state index in [-0.39, 0.29) is 24.0 Å². The molecule has 0 saturated heterocycles. The number of carbonyl (C=O) groups is 1. The van der Waals surface area contributed by atoms with E-state index < -0.39 is 11.7 Å². The van der Waals surface area contributed by atoms with Crippen LogP contribution in [0.3, 0.4) is 0 Å². The molecule has 0 aliphatic carbocycles. The van der Waals surface area contributed by atoms with Gasteiger partial charge >= 0.3 is 0 Å². The summed E-state index contributed by atoms with van der Waals surface area (Å²) in [5.74, 6) is -0.433. The van der Waals surface area contributed by atoms with Gasteiger partial charge in [0.2, 0.25) is 11.8 Å². The van der Waals surface area contributed by atoms with E-state index in [1.807, 2.05) is 32.3 Å². The first kappa shape index (κ1) is 27.0. The molecule has 1 atom stereocenters. The third-order valence-corrected chi connectivity index (χ3v) is 6.70. The van der Waals surface area contributed by atoms with Crippen molar-refractivity contribution in [1.29, 1.82) is 0 Å². The molecular formula is C28H34FN7O2. The Morgan fingerprint density at radius 2 is 2.03 bits per heavy atom. The van der Waals surface area contributed by atoms with Crippen LogP contribution < -0.4 is 10.1 Å². The largest absolute Gasteiger partial charge is 0.481 e. The molecule has 1 amide bonds. The molecular weight excluding hydrogens is 485 g/mol. The summed E-state index contributed by atoms with van der Waals surface area (Å²) in [5, 5.41) is 7.80. The van der Waals surface area contributed by atoms with Crippen molar-refractivity contribution in [3.63, 3.8) is 0 Å². The van der Waals surface area contributed by atoms with Crippen LogP contribution >= 0.6 is 0 Å². The van der Waals surface area contributed by atoms with Crippen LogP contribution in [0.2, 0.25) is 0 Å². The Balaban J connectivity index is 1.58. The smallest absolute Gasteiger partial charge is 0.231 e. The van der Waals surface area contributed by atoms with Gasteiger partial charge in [-0.3, -0.25) is 4.79 Å². The molecule has 9 nitrogen and oxygen atoms in total. The molecule has 0 aliphatic heterocycles. The highest BCUT2D eigenvalue weighted by Gasteiger charge is 2.25. The fraction of sp³-hybridized carbons (Fsp3) is 0.393. The third-order valence-electron chi connectivity index (χ3n) is 6.70. The number of aryl methyl sites for hydroxylation is 2. The van der Waals surface area contributed by atoms with Gasteiger partial charge in [-0.25, -0.2) is 23.9 Å². The van der Waals surface area contributed by atoms with Crippen LogP contribution in [0.5, 0.6) is 5.88 Å². The third kappa shape index (κ3) is 5.58. The van der Waals surface area contributed by atoms with Crippen molar-refractivity contribution in [2.75, 3.05) is 25.6 Å². The van der Waals surface area contributed by atoms with E-state index in [1.165, 1.54) is 13.2 Å². The lowest BCUT2D eigenvalue weighted by molar-refractivity contribution is -0.132. The summed E-state index contributed by atoms with van der Waals surface area (Å²) < 4.78 is 21.3. The Morgan fingerprint density at radius 3 is 2.76 bits per heavy atom. The highest BCUT2D eigenvalue weighted by Crippen LogP contribution is 2.30. The minimum absolute atomic E-state index is 0.201. The normalized spacial score (nSPS) is 11.9. The van der Waals surface area contributed by atoms with Crippen molar-refractivity contribution in [1.82, 2.24) is 29.5 Å². The van der Waals surface area contributed by atoms with Gasteiger partial charge in [0, 0.05) is 47.4 Å². The number of nitrogens with zero attached hydrogens (tertiary/aromatic N) is 6. The molecule has 0 bridgehead atoms. The Hall–Kier alpha value is -4.08. The zero-order chi connectivity index (χ0) is 27.2. The summed E-state index contributed by atoms with van der Waals surface area (Å²) in [5.41, 5.74) is 4.83. The zero-order valence-electron chi connectivity index (χ0n) is 22.5. The molecule has 38 heavy (non-hydrogen) atoms. The second-order valence-corrected chi connectivity index (χ2v) is 9.18. The molecule has 0 unspecified atom stereocenters. The van der Waals surface area contributed by atoms with Crippen molar-refractivity contribution >= 4 is 17.4 Å². The minimum Gasteiger partial charge on any atom is -0.481 e. The van der Waals surface area contributed by atoms with Gasteiger partial charge in [0.1, 0.15) is 11.6 Å². The highest BCUT2D eigenvalue weighted by atomic mass is 19.1. The van der Waals surface area contributed by atoms with Gasteiger partial charge in [-0.15, -0.1) is 0 Å². The second kappa shape index (κ2) is 12.0. The van der Waals surface area contributed by atoms with E-state index in [0.29, 0.717) is 6.54 Å². The van der Waals surface area contributed by atoms with Crippen LogP contribution in [0, 0.1) is 12.7 Å². The van der Waals surface area contributed by atoms with Crippen molar-refractivity contribution in [2.24, 2.45) is 0 Å². The summed E-state index contributed by atoms with van der Waals surface area (Å²) in [7, 11) is 1.46. The van der Waals surface area contributed by atoms with E-state index >= 15 is 0 Å². The molecule has 4 aromatic rings. The van der Waals surface area contributed by atoms with E-state index in [2.05, 4.69) is 33.4 Å². The van der Waals surface area contributed by atoms with Gasteiger partial charge in [-0.1, -0.05) is 13.3 Å². The van der Waals surface area contributed by atoms with Gasteiger partial charge in [-0.05, 0) is 51.3 Å². The quantitative estimate of drug-likeness (QED) is 0.278. The molecule has 1 N–H and O–H groups in total. The summed E-state index contributed by atoms with van der Waals surface area (Å²) in [6.07, 6.45) is 9.40. The van der Waals surface area contributed by atoms with Crippen LogP contribution in [-0.4, -0.2) is 55.7 Å². The van der Waals surface area contributed by atoms with Crippen molar-refractivity contribution < 1.29 is 13.9 Å². The van der Waals surface area contributed by atoms with E-state index in [0.717, 1.165) is 59.3 Å². The number of aromatic nitrogens is 5. The maximum absolute atomic E-state index is 14.5. The van der Waals surface area contributed by atoms with Crippen molar-refractivity contribution in [3.05, 3.63) is 65.6 Å². The molecule has 10 heteroatoms. The van der Waals surface area contributed by atoms with Crippen LogP contribution in [0.4, 0.5) is 10.2 Å². The molecule has 0 fully saturated rings. The first-order chi connectivity index (χ1) is 18.4. The minimum atomic E-state index is -0.701. The number of methoxy groups -OCH3 is 1. The summed E-state index contributed by atoms with van der Waals surface area (Å²) in [6.45, 7) is 8.39. The standard InChI is InChI=1S/C28H34FN7O2/c1-6-8-10-20-13-22(23-15-33-36-12-9-11-30-27(23)36)19(4)34-26(20)32-17-35(7-2)28(37)18(3)21-14-25(38-5)31-16-24(21)29/h9,11-16,18H,6-8,10,17H2,1-5H3,(H,32,34)/t18-/m1/s1. The number of carbonyl (C=O) groups excluding carboxylic acids is 1. The Bertz CT molecular complexity index is 1420. The number of fused-ring (bicyclic) bond motifs is 1. The molecule has 4 rings (SSSR count). The predicted molar refractivity (Wildman–Crippen MR) is 145 cm³/mol. The number of halogens is 1. The molecule has 0 aromatic carbocycles. The van der Waals surface area contributed by atoms with Gasteiger partial charge in [0.15, 0.2) is 5.65 Å². The maximum atomic E-state index is 14.5. The number of hydrogen-bond acceptors (Lipinski definition) is 7. The summed E-state index contributed by atoms with van der Waals surface area (Å²) in [4.78, 5) is 28.2. The first-order valence-corrected chi connectivity index (χ1v) is 12.9. The van der Waals surface area contributed by atoms with Crippen molar-refractivity contribution in [3.8, 4) is 17.0 Å². The number of likely N-dealkylation sites (N-methyl/N-ethyl adjacent to an activating group) is 1. The molecule has 0 spiro atoms. The number of hydrogen-bond donors (Lipinski definition) is 1. The number of amides is 1. The lowest BCUT2D eigenvalue weighted by Gasteiger charge is -2.26. The van der Waals surface area contributed by atoms with Crippen LogP contribution in [0.1, 0.15) is 56.4 Å². The predicted octanol–water partition coefficient (Wildman–Crippen LogP) is 5.01. The highest BCUT2D eigenvalue weighted by molar-refractivity contribution is 5.84. The monoisotopic (exact) mass is 519 g/mol. The average molecular weight is 520 g/mol. The zero-order valence-corrected chi connectivity index (χ0v) is 22.5. The average Bonchev–Trinajstić information content (AvgIpc) is 3.36. The second-order valence-electron chi connectivity index (χ2n) is 9.18. The van der Waals surface area contributed by atoms with E-state index in [4.69, 9.17) is 9.72 Å². The molecule has 4 heterocycles. The SMILES string of the molecule is CCCCc1cc(-c2cnn3cccnc23)c(C)nc1NCN(CC)C(=O)[C@H](C)c1cc(OC)ncc1F. The van der Waals surface area contributed by atoms with Gasteiger partial charge < -0.3 is 15.0 Å². The molecule has 200 valence electrons. The Morgan fingerprint density at radius 1 is 1.21 bits per heavy atom. The lowest BCUT2D eigenvalue weighted by atomic mass is 10.00. The van der Waals surface area contributed by atoms with E-state index in [1.54, 1.807) is 22.5 Å². The molecule has 0 radical (unpaired) electrons. The van der Waals surface area contributed by atoms with Gasteiger partial charge in [-0.2, -0.15) is 5.10 Å². The number of ether oxygens (including phenoxy) is 1. The number of pyridine rings is 2.